The zero-order chi connectivity index (χ0) is 15.4. The lowest BCUT2D eigenvalue weighted by Crippen LogP contribution is -2.15. The molecule has 0 fully saturated rings. The molecule has 0 aromatic carbocycles. The fourth-order valence-corrected chi connectivity index (χ4v) is 4.14. The third kappa shape index (κ3) is 4.52. The van der Waals surface area contributed by atoms with Crippen LogP contribution in [-0.4, -0.2) is 45.0 Å². The van der Waals surface area contributed by atoms with Crippen LogP contribution in [0.15, 0.2) is 13.8 Å². The van der Waals surface area contributed by atoms with E-state index in [1.54, 1.807) is 23.1 Å². The largest absolute Gasteiger partial charge is 0.347 e. The molecule has 6 nitrogen and oxygen atoms in total. The van der Waals surface area contributed by atoms with Gasteiger partial charge >= 0.3 is 0 Å². The van der Waals surface area contributed by atoms with Gasteiger partial charge in [0.1, 0.15) is 5.82 Å². The number of rotatable bonds is 6. The molecule has 0 radical (unpaired) electrons. The van der Waals surface area contributed by atoms with Crippen molar-refractivity contribution in [3.8, 4) is 0 Å². The highest BCUT2D eigenvalue weighted by Crippen LogP contribution is 2.32. The number of anilines is 1. The van der Waals surface area contributed by atoms with E-state index in [-0.39, 0.29) is 5.92 Å². The predicted octanol–water partition coefficient (Wildman–Crippen LogP) is 3.18. The van der Waals surface area contributed by atoms with Gasteiger partial charge in [-0.25, -0.2) is 4.98 Å². The molecule has 2 aromatic rings. The van der Waals surface area contributed by atoms with Crippen molar-refractivity contribution in [2.24, 2.45) is 0 Å². The van der Waals surface area contributed by atoms with Gasteiger partial charge in [-0.3, -0.25) is 0 Å². The first kappa shape index (κ1) is 16.4. The number of hydrogen-bond donors (Lipinski definition) is 0. The Morgan fingerprint density at radius 3 is 2.43 bits per heavy atom. The summed E-state index contributed by atoms with van der Waals surface area (Å²) in [5, 5.41) is 8.99. The summed E-state index contributed by atoms with van der Waals surface area (Å²) in [7, 11) is 3.85. The fraction of sp³-hybridized carbons (Fsp3) is 0.583. The second-order valence-electron chi connectivity index (χ2n) is 4.69. The number of nitrogens with zero attached hydrogens (tertiary/aromatic N) is 6. The van der Waals surface area contributed by atoms with Gasteiger partial charge in [0, 0.05) is 20.0 Å². The van der Waals surface area contributed by atoms with Gasteiger partial charge < -0.3 is 4.90 Å². The van der Waals surface area contributed by atoms with E-state index in [2.05, 4.69) is 45.9 Å². The van der Waals surface area contributed by atoms with Gasteiger partial charge in [-0.15, -0.1) is 10.2 Å². The Balaban J connectivity index is 2.25. The topological polar surface area (TPSA) is 67.7 Å². The SMILES string of the molecule is CCSc1nnc(Sc2nc(C(C)C)nc(N(C)C)n2)s1. The van der Waals surface area contributed by atoms with E-state index in [0.29, 0.717) is 11.1 Å². The van der Waals surface area contributed by atoms with Crippen LogP contribution in [0.4, 0.5) is 5.95 Å². The van der Waals surface area contributed by atoms with E-state index < -0.39 is 0 Å². The molecule has 2 rings (SSSR count). The average Bonchev–Trinajstić information content (AvgIpc) is 2.86. The molecular weight excluding hydrogens is 324 g/mol. The van der Waals surface area contributed by atoms with Crippen molar-refractivity contribution < 1.29 is 0 Å². The Morgan fingerprint density at radius 1 is 1.10 bits per heavy atom. The van der Waals surface area contributed by atoms with Crippen LogP contribution in [0.5, 0.6) is 0 Å². The van der Waals surface area contributed by atoms with Crippen LogP contribution in [0.1, 0.15) is 32.5 Å². The Labute approximate surface area is 137 Å². The molecule has 0 saturated heterocycles. The molecule has 114 valence electrons. The van der Waals surface area contributed by atoms with Crippen LogP contribution in [0.2, 0.25) is 0 Å². The maximum absolute atomic E-state index is 4.51. The van der Waals surface area contributed by atoms with Gasteiger partial charge in [-0.1, -0.05) is 43.9 Å². The molecule has 0 atom stereocenters. The fourth-order valence-electron chi connectivity index (χ4n) is 1.36. The Bertz CT molecular complexity index is 572. The van der Waals surface area contributed by atoms with Crippen LogP contribution in [-0.2, 0) is 0 Å². The van der Waals surface area contributed by atoms with E-state index >= 15 is 0 Å². The van der Waals surface area contributed by atoms with Crippen molar-refractivity contribution in [1.29, 1.82) is 0 Å². The van der Waals surface area contributed by atoms with Crippen molar-refractivity contribution in [1.82, 2.24) is 25.1 Å². The second kappa shape index (κ2) is 7.37. The summed E-state index contributed by atoms with van der Waals surface area (Å²) in [5.74, 6) is 2.72. The highest BCUT2D eigenvalue weighted by atomic mass is 32.2. The number of thioether (sulfide) groups is 1. The van der Waals surface area contributed by atoms with Crippen molar-refractivity contribution in [3.63, 3.8) is 0 Å². The maximum atomic E-state index is 4.51. The van der Waals surface area contributed by atoms with Crippen molar-refractivity contribution in [2.45, 2.75) is 40.5 Å². The van der Waals surface area contributed by atoms with Crippen LogP contribution in [0, 0.1) is 0 Å². The molecule has 0 N–H and O–H groups in total. The molecule has 0 bridgehead atoms. The quantitative estimate of drug-likeness (QED) is 0.742. The Hall–Kier alpha value is -0.930. The zero-order valence-corrected chi connectivity index (χ0v) is 15.1. The summed E-state index contributed by atoms with van der Waals surface area (Å²) < 4.78 is 1.84. The third-order valence-corrected chi connectivity index (χ3v) is 5.23. The summed E-state index contributed by atoms with van der Waals surface area (Å²) in [4.78, 5) is 15.3. The molecule has 0 unspecified atom stereocenters. The lowest BCUT2D eigenvalue weighted by Gasteiger charge is -2.13. The maximum Gasteiger partial charge on any atom is 0.229 e. The molecule has 2 aromatic heterocycles. The van der Waals surface area contributed by atoms with Gasteiger partial charge in [0.25, 0.3) is 0 Å². The standard InChI is InChI=1S/C12H18N6S3/c1-6-19-11-16-17-12(21-11)20-10-14-8(7(2)3)13-9(15-10)18(4)5/h7H,6H2,1-5H3. The Morgan fingerprint density at radius 2 is 1.81 bits per heavy atom. The lowest BCUT2D eigenvalue weighted by molar-refractivity contribution is 0.716. The molecular formula is C12H18N6S3. The number of aromatic nitrogens is 5. The van der Waals surface area contributed by atoms with Crippen LogP contribution in [0.3, 0.4) is 0 Å². The summed E-state index contributed by atoms with van der Waals surface area (Å²) in [6.45, 7) is 6.25. The minimum Gasteiger partial charge on any atom is -0.347 e. The normalized spacial score (nSPS) is 11.1. The van der Waals surface area contributed by atoms with Gasteiger partial charge in [0.2, 0.25) is 5.95 Å². The molecule has 0 saturated carbocycles. The molecule has 0 aliphatic carbocycles. The van der Waals surface area contributed by atoms with Crippen molar-refractivity contribution in [3.05, 3.63) is 5.82 Å². The first-order valence-corrected chi connectivity index (χ1v) is 9.19. The van der Waals surface area contributed by atoms with E-state index in [1.165, 1.54) is 11.8 Å². The summed E-state index contributed by atoms with van der Waals surface area (Å²) in [5.41, 5.74) is 0. The minimum absolute atomic E-state index is 0.256. The van der Waals surface area contributed by atoms with E-state index in [0.717, 1.165) is 20.3 Å². The second-order valence-corrected chi connectivity index (χ2v) is 8.40. The molecule has 0 spiro atoms. The van der Waals surface area contributed by atoms with Crippen molar-refractivity contribution >= 4 is 40.8 Å². The van der Waals surface area contributed by atoms with E-state index in [4.69, 9.17) is 0 Å². The van der Waals surface area contributed by atoms with Gasteiger partial charge in [-0.05, 0) is 17.5 Å². The van der Waals surface area contributed by atoms with Gasteiger partial charge in [0.05, 0.1) is 0 Å². The molecule has 0 amide bonds. The van der Waals surface area contributed by atoms with Crippen LogP contribution in [0.25, 0.3) is 0 Å². The van der Waals surface area contributed by atoms with Gasteiger partial charge in [0.15, 0.2) is 13.8 Å². The first-order chi connectivity index (χ1) is 9.99. The Kier molecular flexibility index (Phi) is 5.77. The van der Waals surface area contributed by atoms with E-state index in [1.807, 2.05) is 19.0 Å². The highest BCUT2D eigenvalue weighted by molar-refractivity contribution is 8.03. The van der Waals surface area contributed by atoms with Crippen LogP contribution < -0.4 is 4.90 Å². The smallest absolute Gasteiger partial charge is 0.229 e. The molecule has 21 heavy (non-hydrogen) atoms. The molecule has 2 heterocycles. The zero-order valence-electron chi connectivity index (χ0n) is 12.7. The monoisotopic (exact) mass is 342 g/mol. The molecule has 9 heteroatoms. The van der Waals surface area contributed by atoms with Crippen LogP contribution >= 0.6 is 34.9 Å². The van der Waals surface area contributed by atoms with Crippen molar-refractivity contribution in [2.75, 3.05) is 24.7 Å². The van der Waals surface area contributed by atoms with E-state index in [9.17, 15) is 0 Å². The third-order valence-electron chi connectivity index (χ3n) is 2.37. The first-order valence-electron chi connectivity index (χ1n) is 6.57. The van der Waals surface area contributed by atoms with Gasteiger partial charge in [-0.2, -0.15) is 9.97 Å². The summed E-state index contributed by atoms with van der Waals surface area (Å²) in [6, 6.07) is 0. The molecule has 0 aliphatic heterocycles. The number of hydrogen-bond acceptors (Lipinski definition) is 9. The summed E-state index contributed by atoms with van der Waals surface area (Å²) in [6.07, 6.45) is 0. The molecule has 0 aliphatic rings. The average molecular weight is 343 g/mol. The predicted molar refractivity (Wildman–Crippen MR) is 88.7 cm³/mol. The lowest BCUT2D eigenvalue weighted by atomic mass is 10.2. The highest BCUT2D eigenvalue weighted by Gasteiger charge is 2.14. The summed E-state index contributed by atoms with van der Waals surface area (Å²) >= 11 is 4.70. The minimum atomic E-state index is 0.256.